The fourth-order valence-corrected chi connectivity index (χ4v) is 4.73. The van der Waals surface area contributed by atoms with Gasteiger partial charge in [0.2, 0.25) is 0 Å². The number of hydrogen-bond acceptors (Lipinski definition) is 0. The van der Waals surface area contributed by atoms with Gasteiger partial charge in [-0.05, 0) is 73.1 Å². The highest BCUT2D eigenvalue weighted by molar-refractivity contribution is 5.64. The zero-order chi connectivity index (χ0) is 18.5. The van der Waals surface area contributed by atoms with Gasteiger partial charge in [0.1, 0.15) is 5.82 Å². The van der Waals surface area contributed by atoms with Gasteiger partial charge in [0.05, 0.1) is 0 Å². The molecule has 0 spiro atoms. The summed E-state index contributed by atoms with van der Waals surface area (Å²) in [5.41, 5.74) is 4.01. The topological polar surface area (TPSA) is 0 Å². The van der Waals surface area contributed by atoms with Gasteiger partial charge < -0.3 is 0 Å². The molecule has 0 heterocycles. The lowest BCUT2D eigenvalue weighted by molar-refractivity contribution is 0.177. The van der Waals surface area contributed by atoms with Crippen LogP contribution < -0.4 is 0 Å². The Morgan fingerprint density at radius 2 is 1.77 bits per heavy atom. The van der Waals surface area contributed by atoms with Gasteiger partial charge in [-0.2, -0.15) is 0 Å². The fraction of sp³-hybridized carbons (Fsp3) is 0.520. The summed E-state index contributed by atoms with van der Waals surface area (Å²) in [6.45, 7) is 6.69. The molecule has 0 radical (unpaired) electrons. The molecule has 140 valence electrons. The first-order valence-corrected chi connectivity index (χ1v) is 10.4. The van der Waals surface area contributed by atoms with Crippen LogP contribution in [-0.2, 0) is 6.42 Å². The molecule has 1 aliphatic carbocycles. The van der Waals surface area contributed by atoms with E-state index in [-0.39, 0.29) is 5.82 Å². The average Bonchev–Trinajstić information content (AvgIpc) is 2.62. The summed E-state index contributed by atoms with van der Waals surface area (Å²) in [6.07, 6.45) is 9.42. The molecule has 1 heteroatoms. The third-order valence-corrected chi connectivity index (χ3v) is 6.35. The van der Waals surface area contributed by atoms with Crippen molar-refractivity contribution in [1.29, 1.82) is 0 Å². The van der Waals surface area contributed by atoms with E-state index in [1.165, 1.54) is 44.1 Å². The van der Waals surface area contributed by atoms with Crippen molar-refractivity contribution in [2.24, 2.45) is 17.8 Å². The lowest BCUT2D eigenvalue weighted by Crippen LogP contribution is -2.23. The van der Waals surface area contributed by atoms with Gasteiger partial charge in [0.25, 0.3) is 0 Å². The van der Waals surface area contributed by atoms with Gasteiger partial charge in [-0.15, -0.1) is 0 Å². The zero-order valence-electron chi connectivity index (χ0n) is 16.6. The lowest BCUT2D eigenvalue weighted by Gasteiger charge is -2.34. The van der Waals surface area contributed by atoms with Crippen molar-refractivity contribution in [2.75, 3.05) is 0 Å². The highest BCUT2D eigenvalue weighted by atomic mass is 19.1. The standard InChI is InChI=1S/C25H33F/c1-4-5-21-10-12-22(19(3)17-21)11-7-20-8-13-23(14-9-20)24-15-6-18(2)16-25(24)26/h6,8-9,13-16,19,21-22H,4-5,7,10-12,17H2,1-3H3. The molecule has 2 aromatic carbocycles. The van der Waals surface area contributed by atoms with Gasteiger partial charge >= 0.3 is 0 Å². The van der Waals surface area contributed by atoms with Crippen molar-refractivity contribution in [3.05, 3.63) is 59.4 Å². The maximum Gasteiger partial charge on any atom is 0.131 e. The Kier molecular flexibility index (Phi) is 6.51. The molecule has 0 aliphatic heterocycles. The Bertz CT molecular complexity index is 701. The molecule has 3 atom stereocenters. The number of rotatable bonds is 6. The third-order valence-electron chi connectivity index (χ3n) is 6.35. The molecule has 0 nitrogen and oxygen atoms in total. The molecule has 3 unspecified atom stereocenters. The molecule has 0 N–H and O–H groups in total. The maximum absolute atomic E-state index is 14.2. The van der Waals surface area contributed by atoms with Gasteiger partial charge in [-0.25, -0.2) is 4.39 Å². The predicted molar refractivity (Wildman–Crippen MR) is 110 cm³/mol. The van der Waals surface area contributed by atoms with Crippen LogP contribution in [0.1, 0.15) is 63.5 Å². The van der Waals surface area contributed by atoms with E-state index in [1.807, 2.05) is 19.1 Å². The van der Waals surface area contributed by atoms with Crippen LogP contribution in [0, 0.1) is 30.5 Å². The smallest absolute Gasteiger partial charge is 0.131 e. The van der Waals surface area contributed by atoms with Crippen molar-refractivity contribution in [3.8, 4) is 11.1 Å². The maximum atomic E-state index is 14.2. The minimum atomic E-state index is -0.129. The van der Waals surface area contributed by atoms with E-state index in [9.17, 15) is 4.39 Å². The number of hydrogen-bond donors (Lipinski definition) is 0. The van der Waals surface area contributed by atoms with Crippen LogP contribution in [0.15, 0.2) is 42.5 Å². The van der Waals surface area contributed by atoms with Crippen LogP contribution in [0.5, 0.6) is 0 Å². The number of halogens is 1. The second-order valence-corrected chi connectivity index (χ2v) is 8.42. The molecule has 0 saturated heterocycles. The summed E-state index contributed by atoms with van der Waals surface area (Å²) in [6, 6.07) is 14.0. The second kappa shape index (κ2) is 8.84. The molecule has 0 bridgehead atoms. The minimum Gasteiger partial charge on any atom is -0.206 e. The average molecular weight is 353 g/mol. The van der Waals surface area contributed by atoms with Crippen molar-refractivity contribution >= 4 is 0 Å². The molecule has 1 aliphatic rings. The SMILES string of the molecule is CCCC1CCC(CCc2ccc(-c3ccc(C)cc3F)cc2)C(C)C1. The van der Waals surface area contributed by atoms with E-state index >= 15 is 0 Å². The van der Waals surface area contributed by atoms with E-state index in [1.54, 1.807) is 6.07 Å². The van der Waals surface area contributed by atoms with E-state index in [0.717, 1.165) is 35.3 Å². The summed E-state index contributed by atoms with van der Waals surface area (Å²) in [5.74, 6) is 2.57. The molecular formula is C25H33F. The minimum absolute atomic E-state index is 0.129. The zero-order valence-corrected chi connectivity index (χ0v) is 16.6. The van der Waals surface area contributed by atoms with Crippen LogP contribution >= 0.6 is 0 Å². The van der Waals surface area contributed by atoms with Crippen LogP contribution in [-0.4, -0.2) is 0 Å². The quantitative estimate of drug-likeness (QED) is 0.502. The number of benzene rings is 2. The monoisotopic (exact) mass is 352 g/mol. The van der Waals surface area contributed by atoms with Crippen molar-refractivity contribution in [2.45, 2.75) is 65.7 Å². The second-order valence-electron chi connectivity index (χ2n) is 8.42. The van der Waals surface area contributed by atoms with Gasteiger partial charge in [0.15, 0.2) is 0 Å². The molecule has 0 amide bonds. The molecule has 2 aromatic rings. The van der Waals surface area contributed by atoms with E-state index in [2.05, 4.69) is 38.1 Å². The molecule has 3 rings (SSSR count). The van der Waals surface area contributed by atoms with Gasteiger partial charge in [-0.3, -0.25) is 0 Å². The first-order valence-electron chi connectivity index (χ1n) is 10.4. The van der Waals surface area contributed by atoms with E-state index in [0.29, 0.717) is 5.56 Å². The summed E-state index contributed by atoms with van der Waals surface area (Å²) < 4.78 is 14.2. The summed E-state index contributed by atoms with van der Waals surface area (Å²) >= 11 is 0. The van der Waals surface area contributed by atoms with Crippen molar-refractivity contribution in [3.63, 3.8) is 0 Å². The Morgan fingerprint density at radius 1 is 1.00 bits per heavy atom. The fourth-order valence-electron chi connectivity index (χ4n) is 4.73. The summed E-state index contributed by atoms with van der Waals surface area (Å²) in [4.78, 5) is 0. The molecule has 1 saturated carbocycles. The highest BCUT2D eigenvalue weighted by Gasteiger charge is 2.26. The third kappa shape index (κ3) is 4.75. The molecule has 0 aromatic heterocycles. The normalized spacial score (nSPS) is 23.2. The summed E-state index contributed by atoms with van der Waals surface area (Å²) in [7, 11) is 0. The van der Waals surface area contributed by atoms with Crippen LogP contribution in [0.25, 0.3) is 11.1 Å². The van der Waals surface area contributed by atoms with E-state index in [4.69, 9.17) is 0 Å². The van der Waals surface area contributed by atoms with E-state index < -0.39 is 0 Å². The van der Waals surface area contributed by atoms with Crippen LogP contribution in [0.3, 0.4) is 0 Å². The Morgan fingerprint density at radius 3 is 2.42 bits per heavy atom. The largest absolute Gasteiger partial charge is 0.206 e. The van der Waals surface area contributed by atoms with Gasteiger partial charge in [-0.1, -0.05) is 69.5 Å². The highest BCUT2D eigenvalue weighted by Crippen LogP contribution is 2.38. The molecule has 26 heavy (non-hydrogen) atoms. The van der Waals surface area contributed by atoms with Gasteiger partial charge in [0, 0.05) is 5.56 Å². The number of aryl methyl sites for hydroxylation is 2. The van der Waals surface area contributed by atoms with Crippen LogP contribution in [0.4, 0.5) is 4.39 Å². The summed E-state index contributed by atoms with van der Waals surface area (Å²) in [5, 5.41) is 0. The predicted octanol–water partition coefficient (Wildman–Crippen LogP) is 7.59. The first kappa shape index (κ1) is 19.1. The Hall–Kier alpha value is -1.63. The van der Waals surface area contributed by atoms with Crippen molar-refractivity contribution in [1.82, 2.24) is 0 Å². The molecular weight excluding hydrogens is 319 g/mol. The Labute approximate surface area is 158 Å². The molecule has 1 fully saturated rings. The first-order chi connectivity index (χ1) is 12.6. The van der Waals surface area contributed by atoms with Crippen LogP contribution in [0.2, 0.25) is 0 Å². The van der Waals surface area contributed by atoms with Crippen molar-refractivity contribution < 1.29 is 4.39 Å². The lowest BCUT2D eigenvalue weighted by atomic mass is 9.72. The Balaban J connectivity index is 1.56.